The Balaban J connectivity index is 2.11. The molecular formula is C10H13N3O. The molecule has 0 saturated heterocycles. The molecule has 1 N–H and O–H groups in total. The number of aromatic nitrogens is 2. The second-order valence-electron chi connectivity index (χ2n) is 3.38. The standard InChI is InChI=1S/C10H13N3O/c1-2-3-10(14)13-5-4-9-8(7-13)6-11-12-9/h2-3,6H,4-5,7H2,1H3,(H,11,12)/b3-2+. The molecule has 0 bridgehead atoms. The first kappa shape index (κ1) is 8.99. The van der Waals surface area contributed by atoms with E-state index < -0.39 is 0 Å². The summed E-state index contributed by atoms with van der Waals surface area (Å²) in [6.07, 6.45) is 6.04. The van der Waals surface area contributed by atoms with Crippen LogP contribution in [0.15, 0.2) is 18.3 Å². The number of nitrogens with one attached hydrogen (secondary N) is 1. The summed E-state index contributed by atoms with van der Waals surface area (Å²) >= 11 is 0. The van der Waals surface area contributed by atoms with Crippen molar-refractivity contribution in [3.05, 3.63) is 29.6 Å². The van der Waals surface area contributed by atoms with E-state index in [0.717, 1.165) is 24.2 Å². The summed E-state index contributed by atoms with van der Waals surface area (Å²) in [5.74, 6) is 0.0827. The minimum absolute atomic E-state index is 0.0827. The molecule has 0 aliphatic carbocycles. The first-order chi connectivity index (χ1) is 6.81. The van der Waals surface area contributed by atoms with E-state index in [1.165, 1.54) is 0 Å². The minimum atomic E-state index is 0.0827. The molecule has 0 unspecified atom stereocenters. The van der Waals surface area contributed by atoms with E-state index in [1.807, 2.05) is 11.8 Å². The van der Waals surface area contributed by atoms with Crippen LogP contribution in [0.3, 0.4) is 0 Å². The number of rotatable bonds is 1. The van der Waals surface area contributed by atoms with Gasteiger partial charge in [0, 0.05) is 30.8 Å². The molecule has 1 aliphatic rings. The quantitative estimate of drug-likeness (QED) is 0.669. The average Bonchev–Trinajstić information content (AvgIpc) is 2.64. The molecule has 0 atom stereocenters. The second-order valence-corrected chi connectivity index (χ2v) is 3.38. The van der Waals surface area contributed by atoms with Crippen LogP contribution in [0.4, 0.5) is 0 Å². The summed E-state index contributed by atoms with van der Waals surface area (Å²) in [6.45, 7) is 3.30. The van der Waals surface area contributed by atoms with Crippen LogP contribution in [0.5, 0.6) is 0 Å². The first-order valence-corrected chi connectivity index (χ1v) is 4.74. The van der Waals surface area contributed by atoms with Gasteiger partial charge in [-0.05, 0) is 13.0 Å². The van der Waals surface area contributed by atoms with Crippen LogP contribution in [0, 0.1) is 0 Å². The molecule has 4 nitrogen and oxygen atoms in total. The lowest BCUT2D eigenvalue weighted by Crippen LogP contribution is -2.34. The van der Waals surface area contributed by atoms with Crippen molar-refractivity contribution in [3.63, 3.8) is 0 Å². The highest BCUT2D eigenvalue weighted by molar-refractivity contribution is 5.87. The highest BCUT2D eigenvalue weighted by Crippen LogP contribution is 2.15. The van der Waals surface area contributed by atoms with Gasteiger partial charge in [-0.15, -0.1) is 0 Å². The third kappa shape index (κ3) is 1.55. The van der Waals surface area contributed by atoms with E-state index in [0.29, 0.717) is 6.54 Å². The van der Waals surface area contributed by atoms with Crippen molar-refractivity contribution in [2.45, 2.75) is 19.9 Å². The number of H-pyrrole nitrogens is 1. The van der Waals surface area contributed by atoms with Gasteiger partial charge in [-0.2, -0.15) is 5.10 Å². The smallest absolute Gasteiger partial charge is 0.246 e. The molecule has 2 heterocycles. The fraction of sp³-hybridized carbons (Fsp3) is 0.400. The van der Waals surface area contributed by atoms with E-state index in [1.54, 1.807) is 18.3 Å². The molecule has 0 saturated carbocycles. The Morgan fingerprint density at radius 1 is 1.71 bits per heavy atom. The number of allylic oxidation sites excluding steroid dienone is 1. The third-order valence-corrected chi connectivity index (χ3v) is 2.42. The number of aromatic amines is 1. The Kier molecular flexibility index (Phi) is 2.35. The zero-order valence-electron chi connectivity index (χ0n) is 8.16. The van der Waals surface area contributed by atoms with Crippen LogP contribution in [0.25, 0.3) is 0 Å². The van der Waals surface area contributed by atoms with E-state index in [9.17, 15) is 4.79 Å². The summed E-state index contributed by atoms with van der Waals surface area (Å²) < 4.78 is 0. The van der Waals surface area contributed by atoms with E-state index in [4.69, 9.17) is 0 Å². The number of hydrogen-bond donors (Lipinski definition) is 1. The van der Waals surface area contributed by atoms with Crippen LogP contribution < -0.4 is 0 Å². The maximum absolute atomic E-state index is 11.5. The molecule has 1 aromatic heterocycles. The van der Waals surface area contributed by atoms with E-state index >= 15 is 0 Å². The molecular weight excluding hydrogens is 178 g/mol. The van der Waals surface area contributed by atoms with E-state index in [2.05, 4.69) is 10.2 Å². The summed E-state index contributed by atoms with van der Waals surface area (Å²) in [6, 6.07) is 0. The second kappa shape index (κ2) is 3.65. The fourth-order valence-electron chi connectivity index (χ4n) is 1.66. The number of hydrogen-bond acceptors (Lipinski definition) is 2. The lowest BCUT2D eigenvalue weighted by molar-refractivity contribution is -0.126. The van der Waals surface area contributed by atoms with Crippen LogP contribution in [0.2, 0.25) is 0 Å². The highest BCUT2D eigenvalue weighted by atomic mass is 16.2. The Labute approximate surface area is 82.6 Å². The molecule has 0 spiro atoms. The van der Waals surface area contributed by atoms with Crippen LogP contribution in [-0.2, 0) is 17.8 Å². The van der Waals surface area contributed by atoms with Crippen molar-refractivity contribution in [1.82, 2.24) is 15.1 Å². The number of fused-ring (bicyclic) bond motifs is 1. The van der Waals surface area contributed by atoms with Gasteiger partial charge < -0.3 is 4.90 Å². The number of nitrogens with zero attached hydrogens (tertiary/aromatic N) is 2. The Bertz CT molecular complexity index is 367. The van der Waals surface area contributed by atoms with Gasteiger partial charge in [0.25, 0.3) is 0 Å². The Hall–Kier alpha value is -1.58. The van der Waals surface area contributed by atoms with Gasteiger partial charge in [-0.1, -0.05) is 6.08 Å². The maximum atomic E-state index is 11.5. The van der Waals surface area contributed by atoms with Crippen LogP contribution in [0.1, 0.15) is 18.2 Å². The Morgan fingerprint density at radius 2 is 2.57 bits per heavy atom. The zero-order chi connectivity index (χ0) is 9.97. The van der Waals surface area contributed by atoms with Crippen LogP contribution >= 0.6 is 0 Å². The van der Waals surface area contributed by atoms with Crippen molar-refractivity contribution in [3.8, 4) is 0 Å². The molecule has 74 valence electrons. The Morgan fingerprint density at radius 3 is 3.36 bits per heavy atom. The third-order valence-electron chi connectivity index (χ3n) is 2.42. The molecule has 0 fully saturated rings. The van der Waals surface area contributed by atoms with Gasteiger partial charge in [0.05, 0.1) is 6.20 Å². The van der Waals surface area contributed by atoms with Crippen molar-refractivity contribution < 1.29 is 4.79 Å². The molecule has 4 heteroatoms. The van der Waals surface area contributed by atoms with Gasteiger partial charge in [0.2, 0.25) is 5.91 Å². The number of carbonyl (C=O) groups excluding carboxylic acids is 1. The topological polar surface area (TPSA) is 49.0 Å². The predicted molar refractivity (Wildman–Crippen MR) is 52.5 cm³/mol. The monoisotopic (exact) mass is 191 g/mol. The normalized spacial score (nSPS) is 15.9. The van der Waals surface area contributed by atoms with Crippen LogP contribution in [-0.4, -0.2) is 27.5 Å². The van der Waals surface area contributed by atoms with Gasteiger partial charge in [0.15, 0.2) is 0 Å². The lowest BCUT2D eigenvalue weighted by atomic mass is 10.1. The number of carbonyl (C=O) groups is 1. The molecule has 2 rings (SSSR count). The van der Waals surface area contributed by atoms with Crippen molar-refractivity contribution in [2.75, 3.05) is 6.54 Å². The lowest BCUT2D eigenvalue weighted by Gasteiger charge is -2.25. The SMILES string of the molecule is C/C=C/C(=O)N1CCc2[nH]ncc2C1. The molecule has 1 amide bonds. The van der Waals surface area contributed by atoms with Gasteiger partial charge in [0.1, 0.15) is 0 Å². The largest absolute Gasteiger partial charge is 0.334 e. The summed E-state index contributed by atoms with van der Waals surface area (Å²) in [5, 5.41) is 6.91. The average molecular weight is 191 g/mol. The highest BCUT2D eigenvalue weighted by Gasteiger charge is 2.19. The van der Waals surface area contributed by atoms with Crippen molar-refractivity contribution in [1.29, 1.82) is 0 Å². The van der Waals surface area contributed by atoms with Gasteiger partial charge in [-0.3, -0.25) is 9.89 Å². The fourth-order valence-corrected chi connectivity index (χ4v) is 1.66. The molecule has 1 aliphatic heterocycles. The molecule has 0 radical (unpaired) electrons. The van der Waals surface area contributed by atoms with E-state index in [-0.39, 0.29) is 5.91 Å². The van der Waals surface area contributed by atoms with Gasteiger partial charge in [-0.25, -0.2) is 0 Å². The van der Waals surface area contributed by atoms with Crippen molar-refractivity contribution in [2.24, 2.45) is 0 Å². The summed E-state index contributed by atoms with van der Waals surface area (Å²) in [4.78, 5) is 13.4. The predicted octanol–water partition coefficient (Wildman–Crippen LogP) is 0.871. The molecule has 1 aromatic rings. The maximum Gasteiger partial charge on any atom is 0.246 e. The van der Waals surface area contributed by atoms with Gasteiger partial charge >= 0.3 is 0 Å². The summed E-state index contributed by atoms with van der Waals surface area (Å²) in [7, 11) is 0. The first-order valence-electron chi connectivity index (χ1n) is 4.74. The number of amides is 1. The minimum Gasteiger partial charge on any atom is -0.334 e. The van der Waals surface area contributed by atoms with Crippen molar-refractivity contribution >= 4 is 5.91 Å². The molecule has 14 heavy (non-hydrogen) atoms. The summed E-state index contributed by atoms with van der Waals surface area (Å²) in [5.41, 5.74) is 2.30. The molecule has 0 aromatic carbocycles. The zero-order valence-corrected chi connectivity index (χ0v) is 8.16.